The third-order valence-corrected chi connectivity index (χ3v) is 3.95. The molecule has 1 aliphatic rings. The van der Waals surface area contributed by atoms with Crippen LogP contribution in [0, 0.1) is 0 Å². The van der Waals surface area contributed by atoms with Gasteiger partial charge in [0, 0.05) is 12.7 Å². The third kappa shape index (κ3) is 3.11. The largest absolute Gasteiger partial charge is 0.315 e. The lowest BCUT2D eigenvalue weighted by atomic mass is 10.4. The van der Waals surface area contributed by atoms with Gasteiger partial charge in [-0.15, -0.1) is 12.4 Å². The minimum Gasteiger partial charge on any atom is -0.315 e. The van der Waals surface area contributed by atoms with Crippen LogP contribution in [0.4, 0.5) is 0 Å². The molecule has 1 aliphatic heterocycles. The molecule has 0 amide bonds. The molecule has 2 heterocycles. The van der Waals surface area contributed by atoms with Crippen LogP contribution < -0.4 is 5.32 Å². The molecule has 0 unspecified atom stereocenters. The Morgan fingerprint density at radius 1 is 1.60 bits per heavy atom. The maximum Gasteiger partial charge on any atom is 0.223 e. The van der Waals surface area contributed by atoms with Crippen molar-refractivity contribution in [2.24, 2.45) is 0 Å². The van der Waals surface area contributed by atoms with Crippen molar-refractivity contribution in [3.63, 3.8) is 0 Å². The van der Waals surface area contributed by atoms with Crippen LogP contribution in [0.2, 0.25) is 5.28 Å². The Morgan fingerprint density at radius 3 is 3.00 bits per heavy atom. The van der Waals surface area contributed by atoms with Crippen LogP contribution in [0.3, 0.4) is 0 Å². The highest BCUT2D eigenvalue weighted by Crippen LogP contribution is 2.14. The predicted octanol–water partition coefficient (Wildman–Crippen LogP) is 1.02. The van der Waals surface area contributed by atoms with Crippen LogP contribution in [0.25, 0.3) is 0 Å². The zero-order valence-electron chi connectivity index (χ0n) is 7.85. The van der Waals surface area contributed by atoms with E-state index in [9.17, 15) is 4.21 Å². The van der Waals surface area contributed by atoms with Gasteiger partial charge in [0.25, 0.3) is 0 Å². The van der Waals surface area contributed by atoms with Crippen LogP contribution in [0.1, 0.15) is 6.42 Å². The molecule has 1 saturated heterocycles. The first-order valence-corrected chi connectivity index (χ1v) is 5.96. The minimum absolute atomic E-state index is 0. The Hall–Kier alpha value is -0.230. The van der Waals surface area contributed by atoms with Crippen molar-refractivity contribution in [2.45, 2.75) is 16.7 Å². The average molecular weight is 268 g/mol. The summed E-state index contributed by atoms with van der Waals surface area (Å²) in [6.07, 6.45) is 2.46. The Bertz CT molecular complexity index is 357. The molecule has 0 aliphatic carbocycles. The summed E-state index contributed by atoms with van der Waals surface area (Å²) in [5, 5.41) is 4.00. The summed E-state index contributed by atoms with van der Waals surface area (Å²) in [6.45, 7) is 1.71. The molecule has 2 atom stereocenters. The van der Waals surface area contributed by atoms with Crippen molar-refractivity contribution in [1.29, 1.82) is 0 Å². The maximum absolute atomic E-state index is 11.9. The van der Waals surface area contributed by atoms with Crippen LogP contribution in [0.15, 0.2) is 17.3 Å². The second-order valence-corrected chi connectivity index (χ2v) is 5.09. The smallest absolute Gasteiger partial charge is 0.223 e. The molecule has 0 aromatic carbocycles. The number of rotatable bonds is 2. The fourth-order valence-corrected chi connectivity index (χ4v) is 2.92. The normalized spacial score (nSPS) is 22.1. The van der Waals surface area contributed by atoms with E-state index in [-0.39, 0.29) is 22.9 Å². The summed E-state index contributed by atoms with van der Waals surface area (Å²) < 4.78 is 11.9. The second-order valence-electron chi connectivity index (χ2n) is 3.08. The molecule has 7 heteroatoms. The topological polar surface area (TPSA) is 54.9 Å². The van der Waals surface area contributed by atoms with E-state index in [1.165, 1.54) is 6.20 Å². The fourth-order valence-electron chi connectivity index (χ4n) is 1.41. The zero-order valence-corrected chi connectivity index (χ0v) is 10.2. The van der Waals surface area contributed by atoms with E-state index in [0.717, 1.165) is 19.5 Å². The average Bonchev–Trinajstić information content (AvgIpc) is 2.69. The molecular weight excluding hydrogens is 257 g/mol. The Kier molecular flexibility index (Phi) is 4.92. The number of nitrogens with zero attached hydrogens (tertiary/aromatic N) is 2. The van der Waals surface area contributed by atoms with Gasteiger partial charge in [-0.05, 0) is 30.6 Å². The number of hydrogen-bond acceptors (Lipinski definition) is 4. The van der Waals surface area contributed by atoms with Gasteiger partial charge in [0.15, 0.2) is 0 Å². The molecule has 1 N–H and O–H groups in total. The molecule has 0 bridgehead atoms. The molecule has 0 radical (unpaired) electrons. The molecule has 1 aromatic rings. The third-order valence-electron chi connectivity index (χ3n) is 2.12. The highest BCUT2D eigenvalue weighted by Gasteiger charge is 2.23. The van der Waals surface area contributed by atoms with Gasteiger partial charge in [0.2, 0.25) is 5.28 Å². The monoisotopic (exact) mass is 267 g/mol. The fraction of sp³-hybridized carbons (Fsp3) is 0.500. The van der Waals surface area contributed by atoms with E-state index < -0.39 is 10.8 Å². The summed E-state index contributed by atoms with van der Waals surface area (Å²) >= 11 is 5.62. The first kappa shape index (κ1) is 12.8. The quantitative estimate of drug-likeness (QED) is 0.642. The Balaban J connectivity index is 0.00000112. The molecular formula is C8H11Cl2N3OS. The van der Waals surface area contributed by atoms with Gasteiger partial charge in [-0.2, -0.15) is 0 Å². The molecule has 0 saturated carbocycles. The van der Waals surface area contributed by atoms with E-state index in [1.54, 1.807) is 6.07 Å². The predicted molar refractivity (Wildman–Crippen MR) is 62.0 cm³/mol. The molecule has 1 aromatic heterocycles. The molecule has 15 heavy (non-hydrogen) atoms. The second kappa shape index (κ2) is 5.75. The van der Waals surface area contributed by atoms with Crippen LogP contribution >= 0.6 is 24.0 Å². The van der Waals surface area contributed by atoms with Crippen molar-refractivity contribution < 1.29 is 4.21 Å². The summed E-state index contributed by atoms with van der Waals surface area (Å²) in [4.78, 5) is 7.70. The molecule has 2 rings (SSSR count). The lowest BCUT2D eigenvalue weighted by molar-refractivity contribution is 0.669. The Morgan fingerprint density at radius 2 is 2.40 bits per heavy atom. The van der Waals surface area contributed by atoms with Crippen molar-refractivity contribution in [1.82, 2.24) is 15.3 Å². The van der Waals surface area contributed by atoms with Crippen molar-refractivity contribution in [2.75, 3.05) is 13.1 Å². The van der Waals surface area contributed by atoms with Crippen LogP contribution in [0.5, 0.6) is 0 Å². The summed E-state index contributed by atoms with van der Waals surface area (Å²) in [7, 11) is -1.07. The highest BCUT2D eigenvalue weighted by atomic mass is 35.5. The maximum atomic E-state index is 11.9. The molecule has 1 fully saturated rings. The van der Waals surface area contributed by atoms with Gasteiger partial charge in [-0.25, -0.2) is 9.97 Å². The number of aromatic nitrogens is 2. The first-order chi connectivity index (χ1) is 6.77. The van der Waals surface area contributed by atoms with Gasteiger partial charge in [-0.1, -0.05) is 0 Å². The van der Waals surface area contributed by atoms with Crippen molar-refractivity contribution >= 4 is 34.8 Å². The van der Waals surface area contributed by atoms with Crippen molar-refractivity contribution in [3.8, 4) is 0 Å². The number of halogens is 2. The van der Waals surface area contributed by atoms with Gasteiger partial charge < -0.3 is 5.32 Å². The van der Waals surface area contributed by atoms with Gasteiger partial charge in [0.05, 0.1) is 16.0 Å². The van der Waals surface area contributed by atoms with E-state index in [1.807, 2.05) is 0 Å². The van der Waals surface area contributed by atoms with Gasteiger partial charge >= 0.3 is 0 Å². The van der Waals surface area contributed by atoms with Gasteiger partial charge in [-0.3, -0.25) is 4.21 Å². The summed E-state index contributed by atoms with van der Waals surface area (Å²) in [6, 6.07) is 1.65. The summed E-state index contributed by atoms with van der Waals surface area (Å²) in [5.74, 6) is 0. The standard InChI is InChI=1S/C8H10ClN3OS.ClH/c9-8-11-4-2-7(12-8)14(13)6-1-3-10-5-6;/h2,4,6,10H,1,3,5H2;1H/t6-,14+;/m0./s1. The first-order valence-electron chi connectivity index (χ1n) is 4.37. The molecule has 0 spiro atoms. The Labute approximate surface area is 102 Å². The summed E-state index contributed by atoms with van der Waals surface area (Å²) in [5.41, 5.74) is 0. The molecule has 4 nitrogen and oxygen atoms in total. The van der Waals surface area contributed by atoms with E-state index >= 15 is 0 Å². The zero-order chi connectivity index (χ0) is 9.97. The van der Waals surface area contributed by atoms with E-state index in [2.05, 4.69) is 15.3 Å². The van der Waals surface area contributed by atoms with E-state index in [0.29, 0.717) is 5.03 Å². The number of nitrogens with one attached hydrogen (secondary N) is 1. The van der Waals surface area contributed by atoms with E-state index in [4.69, 9.17) is 11.6 Å². The SMILES string of the molecule is Cl.O=[S@@](c1ccnc(Cl)n1)[C@H]1CCNC1. The minimum atomic E-state index is -1.07. The highest BCUT2D eigenvalue weighted by molar-refractivity contribution is 7.85. The lowest BCUT2D eigenvalue weighted by Gasteiger charge is -2.06. The lowest BCUT2D eigenvalue weighted by Crippen LogP contribution is -2.19. The van der Waals surface area contributed by atoms with Crippen LogP contribution in [-0.2, 0) is 10.8 Å². The van der Waals surface area contributed by atoms with Crippen molar-refractivity contribution in [3.05, 3.63) is 17.5 Å². The van der Waals surface area contributed by atoms with Crippen LogP contribution in [-0.4, -0.2) is 32.5 Å². The number of hydrogen-bond donors (Lipinski definition) is 1. The van der Waals surface area contributed by atoms with Gasteiger partial charge in [0.1, 0.15) is 5.03 Å². The molecule has 84 valence electrons.